The quantitative estimate of drug-likeness (QED) is 0.884. The summed E-state index contributed by atoms with van der Waals surface area (Å²) in [5.41, 5.74) is 0.844. The highest BCUT2D eigenvalue weighted by Gasteiger charge is 2.32. The zero-order chi connectivity index (χ0) is 12.6. The Hall–Kier alpha value is -0.450. The molecule has 0 spiro atoms. The van der Waals surface area contributed by atoms with Crippen LogP contribution in [0.15, 0.2) is 0 Å². The standard InChI is InChI=1S/C14H22N2OS/c1-10-16-12-6-4-5-11(13(12)18-10)15-9-14(17)7-2-3-8-14/h11,15,17H,2-9H2,1H3. The molecule has 2 aliphatic carbocycles. The minimum Gasteiger partial charge on any atom is -0.389 e. The molecular weight excluding hydrogens is 244 g/mol. The second-order valence-corrected chi connectivity index (χ2v) is 7.04. The minimum absolute atomic E-state index is 0.421. The smallest absolute Gasteiger partial charge is 0.0900 e. The van der Waals surface area contributed by atoms with Crippen LogP contribution in [-0.2, 0) is 6.42 Å². The highest BCUT2D eigenvalue weighted by atomic mass is 32.1. The molecule has 3 rings (SSSR count). The van der Waals surface area contributed by atoms with Gasteiger partial charge in [-0.25, -0.2) is 4.98 Å². The van der Waals surface area contributed by atoms with Gasteiger partial charge in [-0.15, -0.1) is 11.3 Å². The molecule has 0 aromatic carbocycles. The van der Waals surface area contributed by atoms with E-state index in [0.717, 1.165) is 25.8 Å². The van der Waals surface area contributed by atoms with E-state index >= 15 is 0 Å². The lowest BCUT2D eigenvalue weighted by atomic mass is 9.96. The van der Waals surface area contributed by atoms with Gasteiger partial charge in [-0.05, 0) is 39.0 Å². The first-order valence-corrected chi connectivity index (χ1v) is 7.90. The highest BCUT2D eigenvalue weighted by Crippen LogP contribution is 2.35. The van der Waals surface area contributed by atoms with Gasteiger partial charge in [0.15, 0.2) is 0 Å². The summed E-state index contributed by atoms with van der Waals surface area (Å²) >= 11 is 1.82. The molecule has 1 aromatic rings. The predicted molar refractivity (Wildman–Crippen MR) is 74.0 cm³/mol. The highest BCUT2D eigenvalue weighted by molar-refractivity contribution is 7.11. The third kappa shape index (κ3) is 2.46. The van der Waals surface area contributed by atoms with Gasteiger partial charge in [-0.3, -0.25) is 0 Å². The first kappa shape index (κ1) is 12.6. The SMILES string of the molecule is Cc1nc2c(s1)C(NCC1(O)CCCC1)CCC2. The van der Waals surface area contributed by atoms with Crippen molar-refractivity contribution in [2.24, 2.45) is 0 Å². The zero-order valence-corrected chi connectivity index (χ0v) is 11.9. The normalized spacial score (nSPS) is 26.2. The topological polar surface area (TPSA) is 45.2 Å². The summed E-state index contributed by atoms with van der Waals surface area (Å²) < 4.78 is 0. The van der Waals surface area contributed by atoms with E-state index in [2.05, 4.69) is 17.2 Å². The lowest BCUT2D eigenvalue weighted by Gasteiger charge is -2.28. The predicted octanol–water partition coefficient (Wildman–Crippen LogP) is 2.72. The van der Waals surface area contributed by atoms with Crippen LogP contribution in [0.25, 0.3) is 0 Å². The van der Waals surface area contributed by atoms with E-state index in [0.29, 0.717) is 6.04 Å². The largest absolute Gasteiger partial charge is 0.389 e. The van der Waals surface area contributed by atoms with Crippen molar-refractivity contribution in [3.63, 3.8) is 0 Å². The number of aromatic nitrogens is 1. The summed E-state index contributed by atoms with van der Waals surface area (Å²) in [6, 6.07) is 0.421. The maximum Gasteiger partial charge on any atom is 0.0900 e. The van der Waals surface area contributed by atoms with Crippen molar-refractivity contribution in [2.45, 2.75) is 63.5 Å². The summed E-state index contributed by atoms with van der Waals surface area (Å²) in [6.07, 6.45) is 7.79. The fourth-order valence-corrected chi connectivity index (χ4v) is 4.34. The number of nitrogens with one attached hydrogen (secondary N) is 1. The Kier molecular flexibility index (Phi) is 3.43. The summed E-state index contributed by atoms with van der Waals surface area (Å²) in [5, 5.41) is 15.2. The van der Waals surface area contributed by atoms with Gasteiger partial charge in [-0.1, -0.05) is 12.8 Å². The number of fused-ring (bicyclic) bond motifs is 1. The molecule has 1 saturated carbocycles. The van der Waals surface area contributed by atoms with Gasteiger partial charge in [0.2, 0.25) is 0 Å². The van der Waals surface area contributed by atoms with Crippen molar-refractivity contribution in [3.05, 3.63) is 15.6 Å². The van der Waals surface area contributed by atoms with Gasteiger partial charge >= 0.3 is 0 Å². The molecule has 100 valence electrons. The molecule has 0 radical (unpaired) electrons. The van der Waals surface area contributed by atoms with Gasteiger partial charge in [0.05, 0.1) is 16.3 Å². The first-order chi connectivity index (χ1) is 8.66. The fourth-order valence-electron chi connectivity index (χ4n) is 3.26. The molecule has 2 N–H and O–H groups in total. The molecule has 1 aromatic heterocycles. The lowest BCUT2D eigenvalue weighted by molar-refractivity contribution is 0.0443. The van der Waals surface area contributed by atoms with Crippen LogP contribution < -0.4 is 5.32 Å². The van der Waals surface area contributed by atoms with Gasteiger partial charge in [0.25, 0.3) is 0 Å². The Balaban J connectivity index is 1.67. The number of aliphatic hydroxyl groups is 1. The number of hydrogen-bond acceptors (Lipinski definition) is 4. The van der Waals surface area contributed by atoms with Gasteiger partial charge < -0.3 is 10.4 Å². The molecule has 18 heavy (non-hydrogen) atoms. The van der Waals surface area contributed by atoms with E-state index in [9.17, 15) is 5.11 Å². The van der Waals surface area contributed by atoms with Crippen LogP contribution in [-0.4, -0.2) is 22.2 Å². The zero-order valence-electron chi connectivity index (χ0n) is 11.0. The monoisotopic (exact) mass is 266 g/mol. The molecule has 3 nitrogen and oxygen atoms in total. The molecule has 1 unspecified atom stereocenters. The molecular formula is C14H22N2OS. The Morgan fingerprint density at radius 1 is 1.39 bits per heavy atom. The van der Waals surface area contributed by atoms with Crippen molar-refractivity contribution < 1.29 is 5.11 Å². The summed E-state index contributed by atoms with van der Waals surface area (Å²) in [6.45, 7) is 2.83. The van der Waals surface area contributed by atoms with Crippen molar-refractivity contribution >= 4 is 11.3 Å². The Bertz CT molecular complexity index is 423. The van der Waals surface area contributed by atoms with Gasteiger partial charge in [-0.2, -0.15) is 0 Å². The van der Waals surface area contributed by atoms with E-state index in [1.54, 1.807) is 0 Å². The molecule has 0 bridgehead atoms. The summed E-state index contributed by atoms with van der Waals surface area (Å²) in [4.78, 5) is 6.03. The van der Waals surface area contributed by atoms with Crippen LogP contribution in [0, 0.1) is 6.92 Å². The first-order valence-electron chi connectivity index (χ1n) is 7.08. The molecule has 2 aliphatic rings. The second-order valence-electron chi connectivity index (χ2n) is 5.80. The van der Waals surface area contributed by atoms with Crippen molar-refractivity contribution in [3.8, 4) is 0 Å². The summed E-state index contributed by atoms with van der Waals surface area (Å²) in [5.74, 6) is 0. The van der Waals surface area contributed by atoms with E-state index in [1.165, 1.54) is 41.3 Å². The third-order valence-electron chi connectivity index (χ3n) is 4.27. The number of hydrogen-bond donors (Lipinski definition) is 2. The Morgan fingerprint density at radius 3 is 2.94 bits per heavy atom. The molecule has 0 aliphatic heterocycles. The molecule has 1 heterocycles. The average Bonchev–Trinajstić information content (AvgIpc) is 2.92. The van der Waals surface area contributed by atoms with Gasteiger partial charge in [0, 0.05) is 17.5 Å². The molecule has 4 heteroatoms. The maximum atomic E-state index is 10.4. The number of aryl methyl sites for hydroxylation is 2. The van der Waals surface area contributed by atoms with Gasteiger partial charge in [0.1, 0.15) is 0 Å². The van der Waals surface area contributed by atoms with Crippen LogP contribution in [0.1, 0.15) is 60.1 Å². The van der Waals surface area contributed by atoms with E-state index in [4.69, 9.17) is 0 Å². The van der Waals surface area contributed by atoms with E-state index < -0.39 is 5.60 Å². The molecule has 0 saturated heterocycles. The number of nitrogens with zero attached hydrogens (tertiary/aromatic N) is 1. The van der Waals surface area contributed by atoms with E-state index in [-0.39, 0.29) is 0 Å². The maximum absolute atomic E-state index is 10.4. The van der Waals surface area contributed by atoms with Crippen molar-refractivity contribution in [1.29, 1.82) is 0 Å². The molecule has 1 atom stereocenters. The number of rotatable bonds is 3. The van der Waals surface area contributed by atoms with Crippen LogP contribution in [0.3, 0.4) is 0 Å². The van der Waals surface area contributed by atoms with E-state index in [1.807, 2.05) is 11.3 Å². The van der Waals surface area contributed by atoms with Crippen LogP contribution in [0.5, 0.6) is 0 Å². The van der Waals surface area contributed by atoms with Crippen LogP contribution in [0.2, 0.25) is 0 Å². The Labute approximate surface area is 113 Å². The Morgan fingerprint density at radius 2 is 2.17 bits per heavy atom. The molecule has 0 amide bonds. The fraction of sp³-hybridized carbons (Fsp3) is 0.786. The van der Waals surface area contributed by atoms with Crippen molar-refractivity contribution in [1.82, 2.24) is 10.3 Å². The summed E-state index contributed by atoms with van der Waals surface area (Å²) in [7, 11) is 0. The number of thiazole rings is 1. The second kappa shape index (κ2) is 4.91. The van der Waals surface area contributed by atoms with Crippen molar-refractivity contribution in [2.75, 3.05) is 6.54 Å². The van der Waals surface area contributed by atoms with Crippen LogP contribution in [0.4, 0.5) is 0 Å². The molecule has 1 fully saturated rings. The lowest BCUT2D eigenvalue weighted by Crippen LogP contribution is -2.40. The van der Waals surface area contributed by atoms with Crippen LogP contribution >= 0.6 is 11.3 Å². The minimum atomic E-state index is -0.447. The average molecular weight is 266 g/mol. The third-order valence-corrected chi connectivity index (χ3v) is 5.40.